The molecule has 0 N–H and O–H groups in total. The lowest BCUT2D eigenvalue weighted by Crippen LogP contribution is -2.53. The van der Waals surface area contributed by atoms with E-state index in [9.17, 15) is 14.4 Å². The molecule has 158 valence electrons. The van der Waals surface area contributed by atoms with Crippen molar-refractivity contribution in [1.82, 2.24) is 10.0 Å². The van der Waals surface area contributed by atoms with Gasteiger partial charge in [-0.2, -0.15) is 10.0 Å². The van der Waals surface area contributed by atoms with E-state index < -0.39 is 35.5 Å². The van der Waals surface area contributed by atoms with Crippen LogP contribution in [0.25, 0.3) is 0 Å². The van der Waals surface area contributed by atoms with Gasteiger partial charge in [-0.1, -0.05) is 30.3 Å². The maximum Gasteiger partial charge on any atom is 0.436 e. The molecule has 9 heteroatoms. The van der Waals surface area contributed by atoms with Gasteiger partial charge in [0.15, 0.2) is 6.17 Å². The van der Waals surface area contributed by atoms with Crippen molar-refractivity contribution in [2.24, 2.45) is 4.99 Å². The van der Waals surface area contributed by atoms with Gasteiger partial charge >= 0.3 is 18.2 Å². The molecule has 1 aromatic carbocycles. The summed E-state index contributed by atoms with van der Waals surface area (Å²) >= 11 is 0. The van der Waals surface area contributed by atoms with Crippen LogP contribution in [-0.4, -0.2) is 52.3 Å². The molecule has 1 atom stereocenters. The normalized spacial score (nSPS) is 16.9. The second-order valence-corrected chi connectivity index (χ2v) is 8.35. The number of amidine groups is 1. The molecule has 0 radical (unpaired) electrons. The van der Waals surface area contributed by atoms with Crippen molar-refractivity contribution in [1.29, 1.82) is 0 Å². The summed E-state index contributed by atoms with van der Waals surface area (Å²) < 4.78 is 15.6. The van der Waals surface area contributed by atoms with Crippen LogP contribution in [0.1, 0.15) is 53.3 Å². The van der Waals surface area contributed by atoms with Crippen molar-refractivity contribution >= 4 is 24.0 Å². The number of esters is 1. The van der Waals surface area contributed by atoms with E-state index in [0.717, 1.165) is 17.1 Å². The molecule has 1 aromatic rings. The zero-order valence-electron chi connectivity index (χ0n) is 17.8. The van der Waals surface area contributed by atoms with E-state index in [-0.39, 0.29) is 5.84 Å². The maximum absolute atomic E-state index is 13.0. The maximum atomic E-state index is 13.0. The second kappa shape index (κ2) is 8.10. The molecular formula is C20H27N3O6. The Bertz CT molecular complexity index is 808. The van der Waals surface area contributed by atoms with Crippen LogP contribution < -0.4 is 0 Å². The van der Waals surface area contributed by atoms with Crippen LogP contribution in [0, 0.1) is 0 Å². The highest BCUT2D eigenvalue weighted by molar-refractivity contribution is 6.38. The summed E-state index contributed by atoms with van der Waals surface area (Å²) in [6, 6.07) is 8.75. The summed E-state index contributed by atoms with van der Waals surface area (Å²) in [5.41, 5.74) is -1.14. The van der Waals surface area contributed by atoms with Crippen LogP contribution in [0.4, 0.5) is 9.59 Å². The van der Waals surface area contributed by atoms with Crippen molar-refractivity contribution in [3.63, 3.8) is 0 Å². The van der Waals surface area contributed by atoms with Gasteiger partial charge in [0.25, 0.3) is 0 Å². The number of nitrogens with zero attached hydrogens (tertiary/aromatic N) is 3. The molecule has 0 aromatic heterocycles. The number of ether oxygens (including phenoxy) is 3. The quantitative estimate of drug-likeness (QED) is 0.550. The Morgan fingerprint density at radius 1 is 0.897 bits per heavy atom. The molecule has 1 unspecified atom stereocenters. The van der Waals surface area contributed by atoms with Crippen molar-refractivity contribution in [2.75, 3.05) is 7.11 Å². The largest absolute Gasteiger partial charge is 0.463 e. The van der Waals surface area contributed by atoms with Crippen molar-refractivity contribution in [3.8, 4) is 0 Å². The van der Waals surface area contributed by atoms with E-state index in [2.05, 4.69) is 4.99 Å². The first-order chi connectivity index (χ1) is 13.3. The van der Waals surface area contributed by atoms with Gasteiger partial charge in [-0.25, -0.2) is 19.4 Å². The highest BCUT2D eigenvalue weighted by Gasteiger charge is 2.48. The Morgan fingerprint density at radius 2 is 1.41 bits per heavy atom. The fourth-order valence-electron chi connectivity index (χ4n) is 2.48. The number of carbonyl (C=O) groups is 3. The number of aliphatic imine (C=N–C) groups is 1. The molecule has 1 heterocycles. The van der Waals surface area contributed by atoms with Gasteiger partial charge in [0.1, 0.15) is 11.2 Å². The summed E-state index contributed by atoms with van der Waals surface area (Å²) in [7, 11) is 1.16. The zero-order valence-corrected chi connectivity index (χ0v) is 17.8. The minimum absolute atomic E-state index is 0.374. The smallest absolute Gasteiger partial charge is 0.436 e. The van der Waals surface area contributed by atoms with Gasteiger partial charge in [0, 0.05) is 0 Å². The number of hydrogen-bond donors (Lipinski definition) is 0. The molecule has 0 bridgehead atoms. The SMILES string of the molecule is COC(=O)C1=NC(c2ccccc2)N(C(=O)OC(C)(C)C)N1C(=O)OC(C)(C)C. The van der Waals surface area contributed by atoms with E-state index in [1.165, 1.54) is 0 Å². The van der Waals surface area contributed by atoms with E-state index in [1.807, 2.05) is 0 Å². The third-order valence-corrected chi connectivity index (χ3v) is 3.50. The topological polar surface area (TPSA) is 97.7 Å². The molecule has 0 aliphatic carbocycles. The number of methoxy groups -OCH3 is 1. The summed E-state index contributed by atoms with van der Waals surface area (Å²) in [6.07, 6.45) is -2.82. The summed E-state index contributed by atoms with van der Waals surface area (Å²) in [4.78, 5) is 42.6. The van der Waals surface area contributed by atoms with Gasteiger partial charge in [-0.05, 0) is 47.1 Å². The lowest BCUT2D eigenvalue weighted by atomic mass is 10.2. The third-order valence-electron chi connectivity index (χ3n) is 3.50. The van der Waals surface area contributed by atoms with Gasteiger partial charge < -0.3 is 14.2 Å². The minimum Gasteiger partial charge on any atom is -0.463 e. The van der Waals surface area contributed by atoms with Crippen LogP contribution >= 0.6 is 0 Å². The lowest BCUT2D eigenvalue weighted by Gasteiger charge is -2.33. The van der Waals surface area contributed by atoms with Crippen LogP contribution in [0.3, 0.4) is 0 Å². The Balaban J connectivity index is 2.56. The first-order valence-electron chi connectivity index (χ1n) is 9.10. The Kier molecular flexibility index (Phi) is 6.20. The number of carbonyl (C=O) groups excluding carboxylic acids is 3. The van der Waals surface area contributed by atoms with E-state index in [1.54, 1.807) is 71.9 Å². The van der Waals surface area contributed by atoms with Crippen molar-refractivity contribution in [2.45, 2.75) is 58.9 Å². The average Bonchev–Trinajstić information content (AvgIpc) is 3.00. The number of hydrogen-bond acceptors (Lipinski definition) is 7. The van der Waals surface area contributed by atoms with Crippen molar-refractivity contribution < 1.29 is 28.6 Å². The molecule has 0 saturated carbocycles. The molecular weight excluding hydrogens is 378 g/mol. The van der Waals surface area contributed by atoms with E-state index in [4.69, 9.17) is 14.2 Å². The monoisotopic (exact) mass is 405 g/mol. The first-order valence-corrected chi connectivity index (χ1v) is 9.10. The summed E-state index contributed by atoms with van der Waals surface area (Å²) in [5, 5.41) is 1.73. The van der Waals surface area contributed by atoms with Gasteiger partial charge in [0.05, 0.1) is 7.11 Å². The standard InChI is InChI=1S/C20H27N3O6/c1-19(2,3)28-17(25)22-14(13-11-9-8-10-12-13)21-15(16(24)27-7)23(22)18(26)29-20(4,5)6/h8-12,14H,1-7H3. The molecule has 2 rings (SSSR count). The summed E-state index contributed by atoms with van der Waals surface area (Å²) in [5.74, 6) is -1.26. The minimum atomic E-state index is -1.01. The Hall–Kier alpha value is -3.10. The van der Waals surface area contributed by atoms with Crippen molar-refractivity contribution in [3.05, 3.63) is 35.9 Å². The summed E-state index contributed by atoms with van der Waals surface area (Å²) in [6.45, 7) is 10.1. The van der Waals surface area contributed by atoms with E-state index >= 15 is 0 Å². The molecule has 29 heavy (non-hydrogen) atoms. The number of rotatable bonds is 2. The Morgan fingerprint density at radius 3 is 1.90 bits per heavy atom. The molecule has 2 amide bonds. The lowest BCUT2D eigenvalue weighted by molar-refractivity contribution is -0.134. The molecule has 1 aliphatic rings. The third kappa shape index (κ3) is 5.46. The van der Waals surface area contributed by atoms with Crippen LogP contribution in [0.2, 0.25) is 0 Å². The average molecular weight is 405 g/mol. The Labute approximate surface area is 170 Å². The van der Waals surface area contributed by atoms with E-state index in [0.29, 0.717) is 5.56 Å². The second-order valence-electron chi connectivity index (χ2n) is 8.35. The predicted octanol–water partition coefficient (Wildman–Crippen LogP) is 3.66. The fourth-order valence-corrected chi connectivity index (χ4v) is 2.48. The number of hydrazine groups is 1. The predicted molar refractivity (Wildman–Crippen MR) is 105 cm³/mol. The highest BCUT2D eigenvalue weighted by atomic mass is 16.6. The number of amides is 2. The fraction of sp³-hybridized carbons (Fsp3) is 0.500. The molecule has 0 fully saturated rings. The van der Waals surface area contributed by atoms with Gasteiger partial charge in [-0.3, -0.25) is 0 Å². The van der Waals surface area contributed by atoms with Gasteiger partial charge in [-0.15, -0.1) is 0 Å². The van der Waals surface area contributed by atoms with Crippen LogP contribution in [0.15, 0.2) is 35.3 Å². The first kappa shape index (κ1) is 22.2. The van der Waals surface area contributed by atoms with Gasteiger partial charge in [0.2, 0.25) is 5.84 Å². The molecule has 1 aliphatic heterocycles. The number of benzene rings is 1. The van der Waals surface area contributed by atoms with Crippen LogP contribution in [0.5, 0.6) is 0 Å². The zero-order chi connectivity index (χ0) is 22.0. The van der Waals surface area contributed by atoms with Crippen LogP contribution in [-0.2, 0) is 19.0 Å². The highest BCUT2D eigenvalue weighted by Crippen LogP contribution is 2.33. The molecule has 0 spiro atoms. The molecule has 0 saturated heterocycles. The molecule has 9 nitrogen and oxygen atoms in total.